The zero-order chi connectivity index (χ0) is 13.6. The minimum absolute atomic E-state index is 0. The molecular weight excluding hydrogens is 284 g/mol. The van der Waals surface area contributed by atoms with E-state index >= 15 is 0 Å². The van der Waals surface area contributed by atoms with Crippen LogP contribution in [0.2, 0.25) is 0 Å². The van der Waals surface area contributed by atoms with Gasteiger partial charge in [-0.05, 0) is 69.4 Å². The van der Waals surface area contributed by atoms with Crippen molar-refractivity contribution in [2.45, 2.75) is 63.8 Å². The van der Waals surface area contributed by atoms with E-state index in [0.29, 0.717) is 23.3 Å². The average Bonchev–Trinajstić information content (AvgIpc) is 3.20. The predicted octanol–water partition coefficient (Wildman–Crippen LogP) is 2.98. The Morgan fingerprint density at radius 1 is 1.05 bits per heavy atom. The van der Waals surface area contributed by atoms with Gasteiger partial charge in [-0.3, -0.25) is 4.79 Å². The van der Waals surface area contributed by atoms with Gasteiger partial charge in [-0.25, -0.2) is 0 Å². The number of carbonyl (C=O) groups is 1. The van der Waals surface area contributed by atoms with Crippen molar-refractivity contribution in [3.8, 4) is 0 Å². The lowest BCUT2D eigenvalue weighted by molar-refractivity contribution is -0.140. The second-order valence-corrected chi connectivity index (χ2v) is 7.65. The molecule has 2 aliphatic carbocycles. The van der Waals surface area contributed by atoms with Gasteiger partial charge in [0.25, 0.3) is 0 Å². The quantitative estimate of drug-likeness (QED) is 0.807. The van der Waals surface area contributed by atoms with Gasteiger partial charge < -0.3 is 10.2 Å². The summed E-state index contributed by atoms with van der Waals surface area (Å²) in [6.45, 7) is 3.29. The van der Waals surface area contributed by atoms with Crippen molar-refractivity contribution in [2.75, 3.05) is 19.6 Å². The molecule has 0 aromatic rings. The van der Waals surface area contributed by atoms with Crippen LogP contribution in [-0.2, 0) is 4.79 Å². The van der Waals surface area contributed by atoms with Crippen LogP contribution < -0.4 is 5.32 Å². The Balaban J connectivity index is 0.00000132. The lowest BCUT2D eigenvalue weighted by Crippen LogP contribution is -2.50. The van der Waals surface area contributed by atoms with Gasteiger partial charge in [0.05, 0.1) is 0 Å². The zero-order valence-electron chi connectivity index (χ0n) is 13.0. The molecule has 2 saturated heterocycles. The molecule has 2 heterocycles. The number of hydrogen-bond donors (Lipinski definition) is 1. The predicted molar refractivity (Wildman–Crippen MR) is 86.6 cm³/mol. The third-order valence-corrected chi connectivity index (χ3v) is 6.61. The highest BCUT2D eigenvalue weighted by Gasteiger charge is 2.59. The molecule has 1 spiro atoms. The highest BCUT2D eigenvalue weighted by molar-refractivity contribution is 5.85. The number of nitrogens with zero attached hydrogens (tertiary/aromatic N) is 1. The van der Waals surface area contributed by atoms with E-state index in [4.69, 9.17) is 0 Å². The first kappa shape index (κ1) is 15.6. The molecule has 0 bridgehead atoms. The van der Waals surface area contributed by atoms with Crippen LogP contribution in [0, 0.1) is 17.3 Å². The topological polar surface area (TPSA) is 32.3 Å². The van der Waals surface area contributed by atoms with Crippen molar-refractivity contribution < 1.29 is 4.79 Å². The first-order chi connectivity index (χ1) is 9.80. The molecule has 4 fully saturated rings. The maximum atomic E-state index is 13.0. The van der Waals surface area contributed by atoms with Crippen LogP contribution in [0.25, 0.3) is 0 Å². The van der Waals surface area contributed by atoms with Crippen LogP contribution >= 0.6 is 12.4 Å². The van der Waals surface area contributed by atoms with Gasteiger partial charge >= 0.3 is 0 Å². The monoisotopic (exact) mass is 312 g/mol. The largest absolute Gasteiger partial charge is 0.339 e. The molecule has 0 radical (unpaired) electrons. The van der Waals surface area contributed by atoms with E-state index in [2.05, 4.69) is 10.2 Å². The lowest BCUT2D eigenvalue weighted by Gasteiger charge is -2.44. The van der Waals surface area contributed by atoms with E-state index in [9.17, 15) is 4.79 Å². The normalized spacial score (nSPS) is 37.5. The number of rotatable bonds is 1. The SMILES string of the molecule is Cl.O=C(C1CC12CCNCC2)N1CCCC2CCCCC21. The van der Waals surface area contributed by atoms with Gasteiger partial charge in [-0.2, -0.15) is 0 Å². The Morgan fingerprint density at radius 2 is 1.76 bits per heavy atom. The number of hydrogen-bond acceptors (Lipinski definition) is 2. The highest BCUT2D eigenvalue weighted by Crippen LogP contribution is 2.59. The smallest absolute Gasteiger partial charge is 0.226 e. The van der Waals surface area contributed by atoms with Crippen molar-refractivity contribution in [2.24, 2.45) is 17.3 Å². The molecule has 21 heavy (non-hydrogen) atoms. The van der Waals surface area contributed by atoms with Crippen molar-refractivity contribution in [1.29, 1.82) is 0 Å². The zero-order valence-corrected chi connectivity index (χ0v) is 13.8. The Morgan fingerprint density at radius 3 is 2.57 bits per heavy atom. The van der Waals surface area contributed by atoms with Crippen LogP contribution in [0.15, 0.2) is 0 Å². The molecule has 1 amide bonds. The number of fused-ring (bicyclic) bond motifs is 1. The molecule has 2 saturated carbocycles. The second-order valence-electron chi connectivity index (χ2n) is 7.65. The Hall–Kier alpha value is -0.280. The molecule has 0 aromatic heterocycles. The molecule has 2 aliphatic heterocycles. The summed E-state index contributed by atoms with van der Waals surface area (Å²) in [6.07, 6.45) is 11.6. The third kappa shape index (κ3) is 2.72. The van der Waals surface area contributed by atoms with Crippen LogP contribution in [-0.4, -0.2) is 36.5 Å². The number of likely N-dealkylation sites (tertiary alicyclic amines) is 1. The van der Waals surface area contributed by atoms with E-state index in [-0.39, 0.29) is 12.4 Å². The van der Waals surface area contributed by atoms with E-state index in [1.165, 1.54) is 57.8 Å². The molecular formula is C17H29ClN2O. The summed E-state index contributed by atoms with van der Waals surface area (Å²) >= 11 is 0. The molecule has 4 aliphatic rings. The van der Waals surface area contributed by atoms with Gasteiger partial charge in [-0.15, -0.1) is 12.4 Å². The number of halogens is 1. The van der Waals surface area contributed by atoms with Gasteiger partial charge in [0.1, 0.15) is 0 Å². The van der Waals surface area contributed by atoms with Gasteiger partial charge in [0, 0.05) is 18.5 Å². The fraction of sp³-hybridized carbons (Fsp3) is 0.941. The standard InChI is InChI=1S/C17H28N2O.ClH/c20-16(14-12-17(14)7-9-18-10-8-17)19-11-3-5-13-4-1-2-6-15(13)19;/h13-15,18H,1-12H2;1H. The van der Waals surface area contributed by atoms with Crippen LogP contribution in [0.5, 0.6) is 0 Å². The van der Waals surface area contributed by atoms with Crippen LogP contribution in [0.3, 0.4) is 0 Å². The molecule has 3 unspecified atom stereocenters. The van der Waals surface area contributed by atoms with Crippen LogP contribution in [0.1, 0.15) is 57.8 Å². The van der Waals surface area contributed by atoms with Crippen molar-refractivity contribution in [1.82, 2.24) is 10.2 Å². The van der Waals surface area contributed by atoms with E-state index in [1.54, 1.807) is 0 Å². The molecule has 0 aromatic carbocycles. The van der Waals surface area contributed by atoms with E-state index < -0.39 is 0 Å². The van der Waals surface area contributed by atoms with Crippen molar-refractivity contribution in [3.05, 3.63) is 0 Å². The molecule has 120 valence electrons. The summed E-state index contributed by atoms with van der Waals surface area (Å²) in [5.74, 6) is 1.73. The minimum atomic E-state index is 0. The summed E-state index contributed by atoms with van der Waals surface area (Å²) in [5.41, 5.74) is 0.407. The maximum Gasteiger partial charge on any atom is 0.226 e. The highest BCUT2D eigenvalue weighted by atomic mass is 35.5. The van der Waals surface area contributed by atoms with E-state index in [1.807, 2.05) is 0 Å². The number of amides is 1. The van der Waals surface area contributed by atoms with E-state index in [0.717, 1.165) is 25.6 Å². The summed E-state index contributed by atoms with van der Waals surface area (Å²) in [6, 6.07) is 0.601. The first-order valence-corrected chi connectivity index (χ1v) is 8.81. The fourth-order valence-corrected chi connectivity index (χ4v) is 5.27. The van der Waals surface area contributed by atoms with Gasteiger partial charge in [0.15, 0.2) is 0 Å². The third-order valence-electron chi connectivity index (χ3n) is 6.61. The Kier molecular flexibility index (Phi) is 4.52. The Bertz CT molecular complexity index is 392. The van der Waals surface area contributed by atoms with Gasteiger partial charge in [-0.1, -0.05) is 12.8 Å². The fourth-order valence-electron chi connectivity index (χ4n) is 5.27. The molecule has 3 atom stereocenters. The molecule has 4 heteroatoms. The summed E-state index contributed by atoms with van der Waals surface area (Å²) < 4.78 is 0. The van der Waals surface area contributed by atoms with Gasteiger partial charge in [0.2, 0.25) is 5.91 Å². The summed E-state index contributed by atoms with van der Waals surface area (Å²) in [7, 11) is 0. The number of nitrogens with one attached hydrogen (secondary N) is 1. The lowest BCUT2D eigenvalue weighted by atomic mass is 9.78. The van der Waals surface area contributed by atoms with Crippen molar-refractivity contribution >= 4 is 18.3 Å². The minimum Gasteiger partial charge on any atom is -0.339 e. The number of piperidine rings is 2. The maximum absolute atomic E-state index is 13.0. The van der Waals surface area contributed by atoms with Crippen LogP contribution in [0.4, 0.5) is 0 Å². The number of carbonyl (C=O) groups excluding carboxylic acids is 1. The second kappa shape index (κ2) is 6.08. The summed E-state index contributed by atoms with van der Waals surface area (Å²) in [5, 5.41) is 3.44. The average molecular weight is 313 g/mol. The molecule has 3 nitrogen and oxygen atoms in total. The molecule has 1 N–H and O–H groups in total. The molecule has 4 rings (SSSR count). The first-order valence-electron chi connectivity index (χ1n) is 8.81. The summed E-state index contributed by atoms with van der Waals surface area (Å²) in [4.78, 5) is 15.3. The Labute approximate surface area is 134 Å². The van der Waals surface area contributed by atoms with Crippen molar-refractivity contribution in [3.63, 3.8) is 0 Å².